The first-order valence-corrected chi connectivity index (χ1v) is 10.9. The van der Waals surface area contributed by atoms with E-state index in [9.17, 15) is 13.2 Å². The number of methoxy groups -OCH3 is 2. The van der Waals surface area contributed by atoms with Crippen LogP contribution in [-0.2, 0) is 21.4 Å². The fourth-order valence-corrected chi connectivity index (χ4v) is 3.44. The topological polar surface area (TPSA) is 82.1 Å². The summed E-state index contributed by atoms with van der Waals surface area (Å²) in [4.78, 5) is 14.6. The van der Waals surface area contributed by atoms with Crippen LogP contribution in [-0.4, -0.2) is 52.9 Å². The molecule has 0 aromatic heterocycles. The normalized spacial score (nSPS) is 11.1. The summed E-state index contributed by atoms with van der Waals surface area (Å²) in [5, 5.41) is 0. The summed E-state index contributed by atoms with van der Waals surface area (Å²) in [6.07, 6.45) is 0.959. The number of carbonyl (C=O) groups is 1. The van der Waals surface area contributed by atoms with E-state index in [4.69, 9.17) is 13.7 Å². The summed E-state index contributed by atoms with van der Waals surface area (Å²) in [7, 11) is -0.737. The minimum Gasteiger partial charge on any atom is -0.493 e. The molecule has 0 fully saturated rings. The molecule has 0 saturated carbocycles. The molecule has 0 unspecified atom stereocenters. The highest BCUT2D eigenvalue weighted by atomic mass is 79.9. The molecule has 0 aliphatic carbocycles. The molecule has 7 nitrogen and oxygen atoms in total. The fraction of sp³-hybridized carbons (Fsp3) is 0.316. The van der Waals surface area contributed by atoms with Gasteiger partial charge in [-0.15, -0.1) is 0 Å². The van der Waals surface area contributed by atoms with E-state index in [0.717, 1.165) is 6.26 Å². The van der Waals surface area contributed by atoms with Crippen LogP contribution in [0.1, 0.15) is 15.9 Å². The zero-order valence-electron chi connectivity index (χ0n) is 15.8. The van der Waals surface area contributed by atoms with Gasteiger partial charge in [0.25, 0.3) is 5.91 Å². The molecule has 0 atom stereocenters. The van der Waals surface area contributed by atoms with Crippen LogP contribution in [0, 0.1) is 0 Å². The van der Waals surface area contributed by atoms with Crippen molar-refractivity contribution in [2.24, 2.45) is 0 Å². The number of rotatable bonds is 9. The van der Waals surface area contributed by atoms with E-state index in [2.05, 4.69) is 15.9 Å². The maximum Gasteiger partial charge on any atom is 0.306 e. The Hall–Kier alpha value is -2.10. The molecule has 9 heteroatoms. The third kappa shape index (κ3) is 6.22. The smallest absolute Gasteiger partial charge is 0.306 e. The first-order chi connectivity index (χ1) is 13.2. The van der Waals surface area contributed by atoms with E-state index >= 15 is 0 Å². The molecule has 0 N–H and O–H groups in total. The zero-order valence-corrected chi connectivity index (χ0v) is 18.2. The highest BCUT2D eigenvalue weighted by molar-refractivity contribution is 9.10. The van der Waals surface area contributed by atoms with Gasteiger partial charge in [-0.3, -0.25) is 4.79 Å². The van der Waals surface area contributed by atoms with Crippen molar-refractivity contribution in [3.8, 4) is 11.5 Å². The number of hydrogen-bond acceptors (Lipinski definition) is 6. The van der Waals surface area contributed by atoms with Gasteiger partial charge >= 0.3 is 10.1 Å². The lowest BCUT2D eigenvalue weighted by molar-refractivity contribution is 0.0679. The highest BCUT2D eigenvalue weighted by Crippen LogP contribution is 2.30. The van der Waals surface area contributed by atoms with Gasteiger partial charge in [-0.2, -0.15) is 8.42 Å². The van der Waals surface area contributed by atoms with Gasteiger partial charge in [-0.05, 0) is 45.8 Å². The summed E-state index contributed by atoms with van der Waals surface area (Å²) >= 11 is 3.40. The van der Waals surface area contributed by atoms with Crippen LogP contribution in [0.25, 0.3) is 0 Å². The van der Waals surface area contributed by atoms with Gasteiger partial charge in [0, 0.05) is 24.7 Å². The van der Waals surface area contributed by atoms with Crippen molar-refractivity contribution in [2.75, 3.05) is 33.6 Å². The average molecular weight is 472 g/mol. The molecule has 0 saturated heterocycles. The Morgan fingerprint density at radius 1 is 1.11 bits per heavy atom. The van der Waals surface area contributed by atoms with Gasteiger partial charge in [-0.25, -0.2) is 0 Å². The van der Waals surface area contributed by atoms with Crippen LogP contribution in [0.2, 0.25) is 0 Å². The standard InChI is InChI=1S/C19H22BrNO6S/c1-25-11-10-21(19(22)15-6-4-5-7-16(15)20)13-14-8-9-17(26-2)18(12-14)27-28(3,23)24/h4-9,12H,10-11,13H2,1-3H3. The molecule has 2 rings (SSSR count). The minimum absolute atomic E-state index is 0.0718. The number of hydrogen-bond donors (Lipinski definition) is 0. The summed E-state index contributed by atoms with van der Waals surface area (Å²) in [6.45, 7) is 0.970. The van der Waals surface area contributed by atoms with Crippen LogP contribution >= 0.6 is 15.9 Å². The summed E-state index contributed by atoms with van der Waals surface area (Å²) in [6, 6.07) is 12.1. The van der Waals surface area contributed by atoms with Crippen molar-refractivity contribution in [3.63, 3.8) is 0 Å². The lowest BCUT2D eigenvalue weighted by atomic mass is 10.1. The Balaban J connectivity index is 2.32. The maximum atomic E-state index is 13.0. The molecule has 0 radical (unpaired) electrons. The number of halogens is 1. The third-order valence-electron chi connectivity index (χ3n) is 3.80. The molecule has 0 aliphatic heterocycles. The number of carbonyl (C=O) groups excluding carboxylic acids is 1. The molecule has 28 heavy (non-hydrogen) atoms. The van der Waals surface area contributed by atoms with Crippen LogP contribution in [0.4, 0.5) is 0 Å². The summed E-state index contributed by atoms with van der Waals surface area (Å²) in [5.74, 6) is 0.184. The summed E-state index contributed by atoms with van der Waals surface area (Å²) < 4.78 is 39.0. The van der Waals surface area contributed by atoms with Crippen molar-refractivity contribution < 1.29 is 26.9 Å². The third-order valence-corrected chi connectivity index (χ3v) is 4.97. The van der Waals surface area contributed by atoms with Gasteiger partial charge in [0.05, 0.1) is 25.5 Å². The largest absolute Gasteiger partial charge is 0.493 e. The Morgan fingerprint density at radius 2 is 1.82 bits per heavy atom. The van der Waals surface area contributed by atoms with Gasteiger partial charge in [0.15, 0.2) is 11.5 Å². The average Bonchev–Trinajstić information content (AvgIpc) is 2.64. The predicted molar refractivity (Wildman–Crippen MR) is 109 cm³/mol. The van der Waals surface area contributed by atoms with Crippen LogP contribution in [0.5, 0.6) is 11.5 Å². The number of nitrogens with zero attached hydrogens (tertiary/aromatic N) is 1. The lowest BCUT2D eigenvalue weighted by Crippen LogP contribution is -2.33. The van der Waals surface area contributed by atoms with Crippen LogP contribution in [0.3, 0.4) is 0 Å². The van der Waals surface area contributed by atoms with Crippen molar-refractivity contribution in [1.82, 2.24) is 4.90 Å². The van der Waals surface area contributed by atoms with Crippen molar-refractivity contribution in [2.45, 2.75) is 6.54 Å². The van der Waals surface area contributed by atoms with Crippen LogP contribution < -0.4 is 8.92 Å². The second-order valence-electron chi connectivity index (χ2n) is 5.97. The Labute approximate surface area is 173 Å². The van der Waals surface area contributed by atoms with E-state index in [-0.39, 0.29) is 24.0 Å². The molecule has 0 bridgehead atoms. The number of ether oxygens (including phenoxy) is 2. The number of benzene rings is 2. The first kappa shape index (κ1) is 22.2. The minimum atomic E-state index is -3.72. The molecule has 0 heterocycles. The van der Waals surface area contributed by atoms with Gasteiger partial charge in [-0.1, -0.05) is 18.2 Å². The Bertz CT molecular complexity index is 932. The van der Waals surface area contributed by atoms with Crippen molar-refractivity contribution >= 4 is 32.0 Å². The number of amides is 1. The van der Waals surface area contributed by atoms with Gasteiger partial charge in [0.1, 0.15) is 0 Å². The van der Waals surface area contributed by atoms with E-state index in [1.165, 1.54) is 7.11 Å². The molecule has 0 aliphatic rings. The molecule has 2 aromatic carbocycles. The molecular formula is C19H22BrNO6S. The van der Waals surface area contributed by atoms with Crippen molar-refractivity contribution in [3.05, 3.63) is 58.1 Å². The highest BCUT2D eigenvalue weighted by Gasteiger charge is 2.19. The second kappa shape index (κ2) is 9.90. The zero-order chi connectivity index (χ0) is 20.7. The molecule has 2 aromatic rings. The van der Waals surface area contributed by atoms with Gasteiger partial charge in [0.2, 0.25) is 0 Å². The predicted octanol–water partition coefficient (Wildman–Crippen LogP) is 3.08. The fourth-order valence-electron chi connectivity index (χ4n) is 2.53. The van der Waals surface area contributed by atoms with E-state index in [0.29, 0.717) is 28.8 Å². The quantitative estimate of drug-likeness (QED) is 0.522. The summed E-state index contributed by atoms with van der Waals surface area (Å²) in [5.41, 5.74) is 1.22. The van der Waals surface area contributed by atoms with E-state index in [1.807, 2.05) is 6.07 Å². The second-order valence-corrected chi connectivity index (χ2v) is 8.40. The molecule has 152 valence electrons. The monoisotopic (exact) mass is 471 g/mol. The Kier molecular flexibility index (Phi) is 7.85. The maximum absolute atomic E-state index is 13.0. The lowest BCUT2D eigenvalue weighted by Gasteiger charge is -2.23. The molecular weight excluding hydrogens is 450 g/mol. The van der Waals surface area contributed by atoms with Crippen LogP contribution in [0.15, 0.2) is 46.9 Å². The molecule has 0 spiro atoms. The van der Waals surface area contributed by atoms with Gasteiger partial charge < -0.3 is 18.6 Å². The molecule has 1 amide bonds. The Morgan fingerprint density at radius 3 is 2.43 bits per heavy atom. The van der Waals surface area contributed by atoms with E-state index in [1.54, 1.807) is 48.4 Å². The van der Waals surface area contributed by atoms with E-state index < -0.39 is 10.1 Å². The SMILES string of the molecule is COCCN(Cc1ccc(OC)c(OS(C)(=O)=O)c1)C(=O)c1ccccc1Br. The van der Waals surface area contributed by atoms with Crippen molar-refractivity contribution in [1.29, 1.82) is 0 Å². The first-order valence-electron chi connectivity index (χ1n) is 8.34.